The summed E-state index contributed by atoms with van der Waals surface area (Å²) in [6, 6.07) is 8.73. The van der Waals surface area contributed by atoms with Crippen molar-refractivity contribution < 1.29 is 27.3 Å². The number of alkyl halides is 3. The summed E-state index contributed by atoms with van der Waals surface area (Å²) >= 11 is 17.9. The van der Waals surface area contributed by atoms with Gasteiger partial charge >= 0.3 is 12.1 Å². The second-order valence-corrected chi connectivity index (χ2v) is 7.86. The van der Waals surface area contributed by atoms with Crippen LogP contribution >= 0.6 is 34.8 Å². The molecule has 1 aromatic heterocycles. The Kier molecular flexibility index (Phi) is 7.83. The van der Waals surface area contributed by atoms with Crippen molar-refractivity contribution in [3.8, 4) is 11.4 Å². The van der Waals surface area contributed by atoms with Crippen molar-refractivity contribution in [1.82, 2.24) is 15.5 Å². The summed E-state index contributed by atoms with van der Waals surface area (Å²) in [5.41, 5.74) is 1.60. The van der Waals surface area contributed by atoms with Crippen molar-refractivity contribution in [2.24, 2.45) is 5.16 Å². The van der Waals surface area contributed by atoms with Crippen molar-refractivity contribution in [2.75, 3.05) is 6.54 Å². The van der Waals surface area contributed by atoms with Crippen LogP contribution in [0.5, 0.6) is 0 Å². The lowest BCUT2D eigenvalue weighted by molar-refractivity contribution is -0.159. The molecule has 1 N–H and O–H groups in total. The van der Waals surface area contributed by atoms with Gasteiger partial charge in [0.2, 0.25) is 5.82 Å². The highest BCUT2D eigenvalue weighted by Gasteiger charge is 2.38. The highest BCUT2D eigenvalue weighted by atomic mass is 35.5. The largest absolute Gasteiger partial charge is 0.471 e. The SMILES string of the molecule is CC(CNC(=O)c1ccc(-c2noc(C(F)(F)F)n2)cc1)=NOCc1cc(Cl)c(Cl)cc1Cl. The third-order valence-corrected chi connectivity index (χ3v) is 5.18. The highest BCUT2D eigenvalue weighted by Crippen LogP contribution is 2.30. The molecule has 1 heterocycles. The maximum Gasteiger partial charge on any atom is 0.471 e. The Morgan fingerprint density at radius 1 is 1.12 bits per heavy atom. The van der Waals surface area contributed by atoms with E-state index in [0.717, 1.165) is 0 Å². The molecule has 0 aliphatic heterocycles. The van der Waals surface area contributed by atoms with Gasteiger partial charge in [-0.15, -0.1) is 0 Å². The van der Waals surface area contributed by atoms with E-state index in [9.17, 15) is 18.0 Å². The van der Waals surface area contributed by atoms with Crippen LogP contribution in [0.2, 0.25) is 15.1 Å². The van der Waals surface area contributed by atoms with E-state index >= 15 is 0 Å². The lowest BCUT2D eigenvalue weighted by Gasteiger charge is -2.07. The molecule has 0 atom stereocenters. The Morgan fingerprint density at radius 3 is 2.42 bits per heavy atom. The average molecular weight is 522 g/mol. The molecule has 0 unspecified atom stereocenters. The lowest BCUT2D eigenvalue weighted by atomic mass is 10.1. The summed E-state index contributed by atoms with van der Waals surface area (Å²) in [6.45, 7) is 1.79. The van der Waals surface area contributed by atoms with Gasteiger partial charge in [0.05, 0.1) is 22.3 Å². The summed E-state index contributed by atoms with van der Waals surface area (Å²) in [4.78, 5) is 20.8. The Labute approximate surface area is 200 Å². The van der Waals surface area contributed by atoms with Gasteiger partial charge in [0.15, 0.2) is 0 Å². The predicted molar refractivity (Wildman–Crippen MR) is 116 cm³/mol. The van der Waals surface area contributed by atoms with Crippen LogP contribution in [-0.4, -0.2) is 28.3 Å². The number of aromatic nitrogens is 2. The van der Waals surface area contributed by atoms with Crippen molar-refractivity contribution in [2.45, 2.75) is 19.7 Å². The number of halogens is 6. The molecule has 0 aliphatic carbocycles. The van der Waals surface area contributed by atoms with Crippen molar-refractivity contribution in [1.29, 1.82) is 0 Å². The standard InChI is InChI=1S/C20H14Cl3F3N4O3/c1-10(29-32-9-13-6-15(22)16(23)7-14(13)21)8-27-18(31)12-4-2-11(3-5-12)17-28-19(33-30-17)20(24,25)26/h2-7H,8-9H2,1H3,(H,27,31). The lowest BCUT2D eigenvalue weighted by Crippen LogP contribution is -2.28. The molecule has 0 bridgehead atoms. The molecule has 0 radical (unpaired) electrons. The van der Waals surface area contributed by atoms with E-state index in [1.165, 1.54) is 30.3 Å². The second-order valence-electron chi connectivity index (χ2n) is 6.64. The van der Waals surface area contributed by atoms with Gasteiger partial charge in [0.25, 0.3) is 5.91 Å². The van der Waals surface area contributed by atoms with E-state index in [4.69, 9.17) is 39.6 Å². The average Bonchev–Trinajstić information content (AvgIpc) is 3.27. The van der Waals surface area contributed by atoms with Crippen molar-refractivity contribution in [3.05, 3.63) is 68.5 Å². The minimum atomic E-state index is -4.73. The van der Waals surface area contributed by atoms with Gasteiger partial charge in [-0.1, -0.05) is 57.2 Å². The monoisotopic (exact) mass is 520 g/mol. The Morgan fingerprint density at radius 2 is 1.79 bits per heavy atom. The number of oxime groups is 1. The third kappa shape index (κ3) is 6.59. The van der Waals surface area contributed by atoms with E-state index in [2.05, 4.69) is 25.1 Å². The van der Waals surface area contributed by atoms with E-state index in [-0.39, 0.29) is 30.1 Å². The van der Waals surface area contributed by atoms with Crippen molar-refractivity contribution >= 4 is 46.4 Å². The van der Waals surface area contributed by atoms with Crippen LogP contribution in [0.25, 0.3) is 11.4 Å². The molecule has 3 rings (SSSR count). The normalized spacial score (nSPS) is 12.0. The minimum absolute atomic E-state index is 0.0502. The summed E-state index contributed by atoms with van der Waals surface area (Å²) < 4.78 is 41.9. The zero-order valence-corrected chi connectivity index (χ0v) is 19.0. The number of nitrogens with one attached hydrogen (secondary N) is 1. The topological polar surface area (TPSA) is 89.6 Å². The molecule has 0 saturated heterocycles. The number of benzene rings is 2. The number of hydrogen-bond acceptors (Lipinski definition) is 6. The van der Waals surface area contributed by atoms with Crippen LogP contribution in [-0.2, 0) is 17.6 Å². The maximum atomic E-state index is 12.6. The Balaban J connectivity index is 1.53. The van der Waals surface area contributed by atoms with E-state index in [1.807, 2.05) is 0 Å². The van der Waals surface area contributed by atoms with E-state index in [1.54, 1.807) is 13.0 Å². The molecule has 0 fully saturated rings. The van der Waals surface area contributed by atoms with Gasteiger partial charge < -0.3 is 14.7 Å². The number of carbonyl (C=O) groups is 1. The molecule has 1 amide bonds. The van der Waals surface area contributed by atoms with Gasteiger partial charge in [0.1, 0.15) is 6.61 Å². The quantitative estimate of drug-likeness (QED) is 0.233. The zero-order valence-electron chi connectivity index (χ0n) is 16.7. The summed E-state index contributed by atoms with van der Waals surface area (Å²) in [6.07, 6.45) is -4.73. The molecule has 13 heteroatoms. The van der Waals surface area contributed by atoms with E-state index in [0.29, 0.717) is 26.3 Å². The number of nitrogens with zero attached hydrogens (tertiary/aromatic N) is 3. The Hall–Kier alpha value is -2.82. The van der Waals surface area contributed by atoms with Crippen LogP contribution in [0.15, 0.2) is 46.1 Å². The van der Waals surface area contributed by atoms with Crippen molar-refractivity contribution in [3.63, 3.8) is 0 Å². The molecule has 0 saturated carbocycles. The fourth-order valence-electron chi connectivity index (χ4n) is 2.46. The Bertz CT molecular complexity index is 1180. The van der Waals surface area contributed by atoms with Crippen LogP contribution in [0.4, 0.5) is 13.2 Å². The molecule has 33 heavy (non-hydrogen) atoms. The smallest absolute Gasteiger partial charge is 0.391 e. The molecular weight excluding hydrogens is 508 g/mol. The van der Waals surface area contributed by atoms with Crippen LogP contribution in [0.3, 0.4) is 0 Å². The maximum absolute atomic E-state index is 12.6. The summed E-state index contributed by atoms with van der Waals surface area (Å²) in [5, 5.41) is 10.9. The van der Waals surface area contributed by atoms with Crippen LogP contribution < -0.4 is 5.32 Å². The number of carbonyl (C=O) groups excluding carboxylic acids is 1. The first-order valence-corrected chi connectivity index (χ1v) is 10.3. The molecule has 174 valence electrons. The van der Waals surface area contributed by atoms with Gasteiger partial charge in [-0.2, -0.15) is 18.2 Å². The second kappa shape index (κ2) is 10.4. The van der Waals surface area contributed by atoms with Crippen LogP contribution in [0.1, 0.15) is 28.7 Å². The number of rotatable bonds is 7. The minimum Gasteiger partial charge on any atom is -0.391 e. The molecule has 7 nitrogen and oxygen atoms in total. The van der Waals surface area contributed by atoms with Gasteiger partial charge in [-0.25, -0.2) is 0 Å². The highest BCUT2D eigenvalue weighted by molar-refractivity contribution is 6.43. The molecular formula is C20H14Cl3F3N4O3. The zero-order chi connectivity index (χ0) is 24.2. The van der Waals surface area contributed by atoms with E-state index < -0.39 is 18.0 Å². The molecule has 2 aromatic carbocycles. The fraction of sp³-hybridized carbons (Fsp3) is 0.200. The van der Waals surface area contributed by atoms with Gasteiger partial charge in [-0.05, 0) is 31.2 Å². The summed E-state index contributed by atoms with van der Waals surface area (Å²) in [5.74, 6) is -2.11. The third-order valence-electron chi connectivity index (χ3n) is 4.11. The molecule has 3 aromatic rings. The first-order chi connectivity index (χ1) is 15.5. The molecule has 0 aliphatic rings. The van der Waals surface area contributed by atoms with Crippen LogP contribution in [0, 0.1) is 0 Å². The first-order valence-electron chi connectivity index (χ1n) is 9.13. The van der Waals surface area contributed by atoms with Gasteiger partial charge in [0, 0.05) is 21.7 Å². The number of hydrogen-bond donors (Lipinski definition) is 1. The predicted octanol–water partition coefficient (Wildman–Crippen LogP) is 6.04. The fourth-order valence-corrected chi connectivity index (χ4v) is 3.08. The summed E-state index contributed by atoms with van der Waals surface area (Å²) in [7, 11) is 0. The number of amides is 1. The van der Waals surface area contributed by atoms with Gasteiger partial charge in [-0.3, -0.25) is 4.79 Å². The molecule has 0 spiro atoms. The first kappa shape index (κ1) is 24.8.